The molecule has 0 saturated carbocycles. The second-order valence-corrected chi connectivity index (χ2v) is 12.7. The number of carbonyl (C=O) groups excluding carboxylic acids is 2. The van der Waals surface area contributed by atoms with Gasteiger partial charge in [0.05, 0.1) is 33.7 Å². The maximum absolute atomic E-state index is 16.3. The van der Waals surface area contributed by atoms with Gasteiger partial charge in [0, 0.05) is 42.8 Å². The zero-order chi connectivity index (χ0) is 33.4. The molecule has 0 bridgehead atoms. The Morgan fingerprint density at radius 1 is 1.15 bits per heavy atom. The summed E-state index contributed by atoms with van der Waals surface area (Å²) < 4.78 is 17.7. The fourth-order valence-corrected chi connectivity index (χ4v) is 6.88. The largest absolute Gasteiger partial charge is 0.508 e. The highest BCUT2D eigenvalue weighted by Crippen LogP contribution is 2.44. The molecule has 4 aromatic rings. The number of fused-ring (bicyclic) bond motifs is 5. The number of halogens is 3. The number of hydrogen-bond donors (Lipinski definition) is 1. The molecule has 10 nitrogen and oxygen atoms in total. The first kappa shape index (κ1) is 31.5. The van der Waals surface area contributed by atoms with Crippen molar-refractivity contribution in [1.29, 1.82) is 0 Å². The van der Waals surface area contributed by atoms with E-state index in [2.05, 4.69) is 11.6 Å². The first-order valence-corrected chi connectivity index (χ1v) is 15.4. The predicted octanol–water partition coefficient (Wildman–Crippen LogP) is 5.60. The van der Waals surface area contributed by atoms with Crippen molar-refractivity contribution in [2.45, 2.75) is 45.7 Å². The van der Waals surface area contributed by atoms with E-state index in [0.29, 0.717) is 22.6 Å². The molecule has 2 unspecified atom stereocenters. The number of aromatic hydroxyl groups is 1. The highest BCUT2D eigenvalue weighted by Gasteiger charge is 2.46. The lowest BCUT2D eigenvalue weighted by Gasteiger charge is -2.49. The van der Waals surface area contributed by atoms with Crippen LogP contribution in [0.3, 0.4) is 0 Å². The molecule has 1 N–H and O–H groups in total. The smallest absolute Gasteiger partial charge is 0.283 e. The van der Waals surface area contributed by atoms with Gasteiger partial charge in [-0.2, -0.15) is 0 Å². The Balaban J connectivity index is 1.76. The van der Waals surface area contributed by atoms with Crippen LogP contribution in [-0.4, -0.2) is 68.6 Å². The number of pyridine rings is 3. The van der Waals surface area contributed by atoms with Crippen molar-refractivity contribution < 1.29 is 19.1 Å². The summed E-state index contributed by atoms with van der Waals surface area (Å²) in [5.74, 6) is -1.86. The molecule has 0 radical (unpaired) electrons. The van der Waals surface area contributed by atoms with E-state index < -0.39 is 17.4 Å². The summed E-state index contributed by atoms with van der Waals surface area (Å²) in [7, 11) is 1.50. The Labute approximate surface area is 274 Å². The van der Waals surface area contributed by atoms with Crippen LogP contribution in [0.5, 0.6) is 5.75 Å². The van der Waals surface area contributed by atoms with Gasteiger partial charge < -0.3 is 19.8 Å². The molecular formula is C33H31Cl2FN6O4. The average Bonchev–Trinajstić information content (AvgIpc) is 3.01. The molecule has 1 fully saturated rings. The zero-order valence-electron chi connectivity index (χ0n) is 25.8. The van der Waals surface area contributed by atoms with Gasteiger partial charge in [-0.1, -0.05) is 43.6 Å². The van der Waals surface area contributed by atoms with Gasteiger partial charge >= 0.3 is 0 Å². The maximum atomic E-state index is 16.3. The van der Waals surface area contributed by atoms with Crippen LogP contribution in [-0.2, 0) is 9.59 Å². The van der Waals surface area contributed by atoms with E-state index >= 15 is 4.39 Å². The molecular weight excluding hydrogens is 634 g/mol. The number of hydrogen-bond acceptors (Lipinski definition) is 7. The average molecular weight is 666 g/mol. The van der Waals surface area contributed by atoms with E-state index in [1.165, 1.54) is 40.8 Å². The van der Waals surface area contributed by atoms with Gasteiger partial charge in [-0.25, -0.2) is 9.37 Å². The molecule has 1 aromatic carbocycles. The number of amides is 2. The van der Waals surface area contributed by atoms with Crippen molar-refractivity contribution in [1.82, 2.24) is 19.4 Å². The number of carbonyl (C=O) groups is 2. The first-order valence-electron chi connectivity index (χ1n) is 14.7. The molecule has 0 spiro atoms. The Kier molecular flexibility index (Phi) is 7.80. The molecule has 2 aliphatic heterocycles. The van der Waals surface area contributed by atoms with Crippen molar-refractivity contribution in [2.24, 2.45) is 0 Å². The second kappa shape index (κ2) is 11.4. The van der Waals surface area contributed by atoms with Crippen molar-refractivity contribution in [3.05, 3.63) is 80.6 Å². The van der Waals surface area contributed by atoms with Gasteiger partial charge in [0.15, 0.2) is 5.65 Å². The first-order chi connectivity index (χ1) is 21.8. The van der Waals surface area contributed by atoms with E-state index in [0.717, 1.165) is 0 Å². The number of nitrogens with zero attached hydrogens (tertiary/aromatic N) is 6. The van der Waals surface area contributed by atoms with E-state index in [4.69, 9.17) is 28.2 Å². The van der Waals surface area contributed by atoms with Gasteiger partial charge in [0.1, 0.15) is 29.0 Å². The molecule has 2 amide bonds. The van der Waals surface area contributed by atoms with Crippen molar-refractivity contribution in [3.63, 3.8) is 0 Å². The summed E-state index contributed by atoms with van der Waals surface area (Å²) in [6, 6.07) is 4.30. The minimum Gasteiger partial charge on any atom is -0.508 e. The van der Waals surface area contributed by atoms with E-state index in [-0.39, 0.29) is 80.6 Å². The monoisotopic (exact) mass is 664 g/mol. The number of benzene rings is 1. The molecule has 3 aromatic heterocycles. The molecule has 5 heterocycles. The highest BCUT2D eigenvalue weighted by molar-refractivity contribution is 6.43. The quantitative estimate of drug-likeness (QED) is 0.283. The third kappa shape index (κ3) is 4.72. The van der Waals surface area contributed by atoms with Crippen LogP contribution in [0.4, 0.5) is 15.8 Å². The number of likely N-dealkylation sites (N-methyl/N-ethyl adjacent to an activating group) is 1. The summed E-state index contributed by atoms with van der Waals surface area (Å²) in [5, 5.41) is 10.5. The molecule has 46 heavy (non-hydrogen) atoms. The van der Waals surface area contributed by atoms with Gasteiger partial charge in [-0.05, 0) is 49.6 Å². The van der Waals surface area contributed by atoms with E-state index in [1.807, 2.05) is 27.7 Å². The van der Waals surface area contributed by atoms with Gasteiger partial charge in [0.25, 0.3) is 11.5 Å². The number of aromatic nitrogens is 3. The second-order valence-electron chi connectivity index (χ2n) is 11.9. The molecule has 2 atom stereocenters. The number of phenolic OH excluding ortho intramolecular Hbond substituents is 1. The Morgan fingerprint density at radius 2 is 1.87 bits per heavy atom. The van der Waals surface area contributed by atoms with Crippen LogP contribution < -0.4 is 15.4 Å². The number of anilines is 2. The molecule has 13 heteroatoms. The molecule has 2 aliphatic rings. The Bertz CT molecular complexity index is 2050. The predicted molar refractivity (Wildman–Crippen MR) is 177 cm³/mol. The summed E-state index contributed by atoms with van der Waals surface area (Å²) in [4.78, 5) is 55.3. The number of piperazine rings is 1. The molecule has 1 saturated heterocycles. The van der Waals surface area contributed by atoms with Gasteiger partial charge in [-0.3, -0.25) is 23.9 Å². The topological polar surface area (TPSA) is 112 Å². The minimum atomic E-state index is -0.843. The zero-order valence-corrected chi connectivity index (χ0v) is 27.3. The van der Waals surface area contributed by atoms with Crippen LogP contribution in [0.2, 0.25) is 10.0 Å². The summed E-state index contributed by atoms with van der Waals surface area (Å²) in [6.45, 7) is 11.4. The SMILES string of the molecule is C=CC(=O)N1CC2C(=O)N(C)c3c(c4cc(F)c(-c5cc(O)cc(Cl)c5Cl)nc4n(-c4c(C)ccnc4C(C)C)c3=O)N2CC1C. The van der Waals surface area contributed by atoms with E-state index in [9.17, 15) is 19.5 Å². The molecule has 0 aliphatic carbocycles. The van der Waals surface area contributed by atoms with Crippen molar-refractivity contribution in [2.75, 3.05) is 29.9 Å². The Hall–Kier alpha value is -4.48. The normalized spacial score (nSPS) is 17.8. The molecule has 238 valence electrons. The Morgan fingerprint density at radius 3 is 2.54 bits per heavy atom. The van der Waals surface area contributed by atoms with Gasteiger partial charge in [-0.15, -0.1) is 0 Å². The number of rotatable bonds is 4. The van der Waals surface area contributed by atoms with Crippen LogP contribution >= 0.6 is 23.2 Å². The van der Waals surface area contributed by atoms with Crippen LogP contribution in [0.25, 0.3) is 28.0 Å². The fourth-order valence-electron chi connectivity index (χ4n) is 6.47. The minimum absolute atomic E-state index is 0.00472. The maximum Gasteiger partial charge on any atom is 0.283 e. The standard InChI is InChI=1S/C33H31Cl2FN6O4/c1-7-24(44)40-14-23-32(45)39(6)30-29(41(23)13-17(40)5)20-12-22(36)27(19-10-18(43)11-21(34)25(19)35)38-31(20)42(33(30)46)28-16(4)8-9-37-26(28)15(2)3/h7-12,15,17,23,43H,1,13-14H2,2-6H3. The summed E-state index contributed by atoms with van der Waals surface area (Å²) in [5.41, 5.74) is 1.47. The van der Waals surface area contributed by atoms with Gasteiger partial charge in [0.2, 0.25) is 5.91 Å². The highest BCUT2D eigenvalue weighted by atomic mass is 35.5. The number of aryl methyl sites for hydroxylation is 1. The summed E-state index contributed by atoms with van der Waals surface area (Å²) >= 11 is 12.7. The fraction of sp³-hybridized carbons (Fsp3) is 0.303. The van der Waals surface area contributed by atoms with Crippen LogP contribution in [0.1, 0.15) is 37.9 Å². The lowest BCUT2D eigenvalue weighted by molar-refractivity contribution is -0.130. The van der Waals surface area contributed by atoms with Crippen LogP contribution in [0.15, 0.2) is 47.9 Å². The lowest BCUT2D eigenvalue weighted by Crippen LogP contribution is -2.66. The van der Waals surface area contributed by atoms with Crippen LogP contribution in [0, 0.1) is 12.7 Å². The third-order valence-corrected chi connectivity index (χ3v) is 9.48. The number of phenols is 1. The van der Waals surface area contributed by atoms with E-state index in [1.54, 1.807) is 22.1 Å². The van der Waals surface area contributed by atoms with Crippen molar-refractivity contribution in [3.8, 4) is 22.7 Å². The molecule has 6 rings (SSSR count). The third-order valence-electron chi connectivity index (χ3n) is 8.68. The summed E-state index contributed by atoms with van der Waals surface area (Å²) in [6.07, 6.45) is 2.85. The van der Waals surface area contributed by atoms with Crippen molar-refractivity contribution >= 4 is 57.4 Å². The lowest BCUT2D eigenvalue weighted by atomic mass is 9.98.